The maximum atomic E-state index is 14.0. The minimum absolute atomic E-state index is 0. The van der Waals surface area contributed by atoms with E-state index in [1.54, 1.807) is 12.1 Å². The lowest BCUT2D eigenvalue weighted by atomic mass is 9.54. The van der Waals surface area contributed by atoms with Crippen molar-refractivity contribution >= 4 is 29.9 Å². The summed E-state index contributed by atoms with van der Waals surface area (Å²) in [6, 6.07) is 6.17. The van der Waals surface area contributed by atoms with Gasteiger partial charge in [-0.2, -0.15) is 0 Å². The number of halogens is 2. The van der Waals surface area contributed by atoms with Gasteiger partial charge in [0.1, 0.15) is 0 Å². The molecule has 2 saturated heterocycles. The van der Waals surface area contributed by atoms with Gasteiger partial charge in [-0.15, -0.1) is 24.0 Å². The van der Waals surface area contributed by atoms with Crippen LogP contribution in [0.15, 0.2) is 23.2 Å². The first-order valence-electron chi connectivity index (χ1n) is 12.3. The minimum Gasteiger partial charge on any atom is -0.494 e. The van der Waals surface area contributed by atoms with Crippen LogP contribution in [-0.2, 0) is 11.3 Å². The largest absolute Gasteiger partial charge is 0.494 e. The molecular formula is C25H38FIN4O2. The van der Waals surface area contributed by atoms with Gasteiger partial charge in [0.15, 0.2) is 17.5 Å². The predicted octanol–water partition coefficient (Wildman–Crippen LogP) is 3.93. The Morgan fingerprint density at radius 2 is 1.97 bits per heavy atom. The first-order valence-corrected chi connectivity index (χ1v) is 12.3. The molecule has 2 N–H and O–H groups in total. The van der Waals surface area contributed by atoms with Gasteiger partial charge in [0.25, 0.3) is 0 Å². The summed E-state index contributed by atoms with van der Waals surface area (Å²) in [7, 11) is 3.38. The van der Waals surface area contributed by atoms with Crippen molar-refractivity contribution in [1.82, 2.24) is 15.5 Å². The Labute approximate surface area is 214 Å². The molecule has 0 bridgehead atoms. The van der Waals surface area contributed by atoms with E-state index in [0.29, 0.717) is 35.3 Å². The standard InChI is InChI=1S/C25H37FN4O2.HI/c1-27-24(29-22-19-9-14-32-23(19)25(22)10-3-4-11-25)28-18-7-12-30(13-8-18)16-17-5-6-21(31-2)20(26)15-17;/h5-6,15,18-19,22-23H,3-4,7-14,16H2,1-2H3,(H2,27,28,29);1H. The van der Waals surface area contributed by atoms with Gasteiger partial charge < -0.3 is 20.1 Å². The average molecular weight is 573 g/mol. The molecular weight excluding hydrogens is 534 g/mol. The van der Waals surface area contributed by atoms with E-state index >= 15 is 0 Å². The van der Waals surface area contributed by atoms with Gasteiger partial charge >= 0.3 is 0 Å². The van der Waals surface area contributed by atoms with Gasteiger partial charge in [0.05, 0.1) is 13.2 Å². The number of methoxy groups -OCH3 is 1. The van der Waals surface area contributed by atoms with Crippen LogP contribution in [0.3, 0.4) is 0 Å². The van der Waals surface area contributed by atoms with E-state index in [9.17, 15) is 4.39 Å². The molecule has 5 rings (SSSR count). The summed E-state index contributed by atoms with van der Waals surface area (Å²) in [5.74, 6) is 1.60. The number of ether oxygens (including phenoxy) is 2. The highest BCUT2D eigenvalue weighted by molar-refractivity contribution is 14.0. The molecule has 0 radical (unpaired) electrons. The molecule has 8 heteroatoms. The first kappa shape index (κ1) is 25.0. The van der Waals surface area contributed by atoms with Gasteiger partial charge in [-0.05, 0) is 49.8 Å². The number of likely N-dealkylation sites (tertiary alicyclic amines) is 1. The lowest BCUT2D eigenvalue weighted by Crippen LogP contribution is -2.69. The number of piperidine rings is 1. The molecule has 2 aliphatic carbocycles. The van der Waals surface area contributed by atoms with Crippen LogP contribution in [0.4, 0.5) is 4.39 Å². The van der Waals surface area contributed by atoms with Gasteiger partial charge in [0.2, 0.25) is 0 Å². The minimum atomic E-state index is -0.289. The van der Waals surface area contributed by atoms with E-state index < -0.39 is 0 Å². The molecule has 4 aliphatic rings. The highest BCUT2D eigenvalue weighted by Gasteiger charge is 2.65. The van der Waals surface area contributed by atoms with Crippen LogP contribution < -0.4 is 15.4 Å². The summed E-state index contributed by atoms with van der Waals surface area (Å²) in [4.78, 5) is 6.97. The molecule has 1 aromatic carbocycles. The second-order valence-corrected chi connectivity index (χ2v) is 10.0. The van der Waals surface area contributed by atoms with Gasteiger partial charge in [-0.25, -0.2) is 4.39 Å². The van der Waals surface area contributed by atoms with Crippen LogP contribution in [0.1, 0.15) is 50.5 Å². The number of hydrogen-bond acceptors (Lipinski definition) is 4. The topological polar surface area (TPSA) is 58.1 Å². The van der Waals surface area contributed by atoms with Crippen LogP contribution in [-0.4, -0.2) is 62.9 Å². The number of hydrogen-bond donors (Lipinski definition) is 2. The number of benzene rings is 1. The van der Waals surface area contributed by atoms with E-state index in [-0.39, 0.29) is 29.8 Å². The third-order valence-electron chi connectivity index (χ3n) is 8.35. The molecule has 2 saturated carbocycles. The summed E-state index contributed by atoms with van der Waals surface area (Å²) in [6.07, 6.45) is 8.98. The first-order chi connectivity index (χ1) is 15.6. The molecule has 0 aromatic heterocycles. The lowest BCUT2D eigenvalue weighted by Gasteiger charge is -2.57. The van der Waals surface area contributed by atoms with Crippen molar-refractivity contribution in [2.75, 3.05) is 33.9 Å². The zero-order valence-electron chi connectivity index (χ0n) is 19.8. The maximum Gasteiger partial charge on any atom is 0.191 e. The number of aliphatic imine (C=N–C) groups is 1. The molecule has 4 fully saturated rings. The number of nitrogens with zero attached hydrogens (tertiary/aromatic N) is 2. The summed E-state index contributed by atoms with van der Waals surface area (Å²) in [5, 5.41) is 7.51. The van der Waals surface area contributed by atoms with Gasteiger partial charge in [-0.1, -0.05) is 18.9 Å². The van der Waals surface area contributed by atoms with Crippen molar-refractivity contribution in [2.24, 2.45) is 16.3 Å². The van der Waals surface area contributed by atoms with Crippen molar-refractivity contribution in [3.63, 3.8) is 0 Å². The van der Waals surface area contributed by atoms with Crippen LogP contribution >= 0.6 is 24.0 Å². The van der Waals surface area contributed by atoms with Crippen molar-refractivity contribution in [2.45, 2.75) is 69.7 Å². The van der Waals surface area contributed by atoms with Crippen LogP contribution in [0.2, 0.25) is 0 Å². The van der Waals surface area contributed by atoms with E-state index in [2.05, 4.69) is 20.5 Å². The summed E-state index contributed by atoms with van der Waals surface area (Å²) in [5.41, 5.74) is 1.32. The third-order valence-corrected chi connectivity index (χ3v) is 8.35. The predicted molar refractivity (Wildman–Crippen MR) is 139 cm³/mol. The Bertz CT molecular complexity index is 840. The second kappa shape index (κ2) is 10.6. The maximum absolute atomic E-state index is 14.0. The zero-order valence-corrected chi connectivity index (χ0v) is 22.1. The Kier molecular flexibility index (Phi) is 8.06. The Morgan fingerprint density at radius 1 is 1.21 bits per heavy atom. The Balaban J connectivity index is 0.00000259. The molecule has 2 aliphatic heterocycles. The van der Waals surface area contributed by atoms with E-state index in [1.807, 2.05) is 13.1 Å². The van der Waals surface area contributed by atoms with Gasteiger partial charge in [-0.3, -0.25) is 9.89 Å². The smallest absolute Gasteiger partial charge is 0.191 e. The monoisotopic (exact) mass is 572 g/mol. The zero-order chi connectivity index (χ0) is 22.1. The molecule has 0 amide bonds. The molecule has 6 nitrogen and oxygen atoms in total. The molecule has 3 unspecified atom stereocenters. The van der Waals surface area contributed by atoms with E-state index in [1.165, 1.54) is 39.2 Å². The fraction of sp³-hybridized carbons (Fsp3) is 0.720. The van der Waals surface area contributed by atoms with E-state index in [0.717, 1.165) is 50.6 Å². The van der Waals surface area contributed by atoms with Crippen molar-refractivity contribution in [1.29, 1.82) is 0 Å². The van der Waals surface area contributed by atoms with Crippen LogP contribution in [0, 0.1) is 17.2 Å². The lowest BCUT2D eigenvalue weighted by molar-refractivity contribution is -0.125. The summed E-state index contributed by atoms with van der Waals surface area (Å²) < 4.78 is 25.2. The SMILES string of the molecule is CN=C(NC1CCN(Cc2ccc(OC)c(F)c2)CC1)NC1C2CCOC2C12CCCC2.I. The molecule has 184 valence electrons. The molecule has 2 heterocycles. The van der Waals surface area contributed by atoms with Crippen LogP contribution in [0.25, 0.3) is 0 Å². The number of nitrogens with one attached hydrogen (secondary N) is 2. The van der Waals surface area contributed by atoms with Crippen molar-refractivity contribution in [3.8, 4) is 5.75 Å². The molecule has 33 heavy (non-hydrogen) atoms. The second-order valence-electron chi connectivity index (χ2n) is 10.0. The quantitative estimate of drug-likeness (QED) is 0.318. The highest BCUT2D eigenvalue weighted by atomic mass is 127. The van der Waals surface area contributed by atoms with Gasteiger partial charge in [0, 0.05) is 56.7 Å². The molecule has 3 atom stereocenters. The number of fused-ring (bicyclic) bond motifs is 2. The highest BCUT2D eigenvalue weighted by Crippen LogP contribution is 2.60. The van der Waals surface area contributed by atoms with Crippen molar-refractivity contribution in [3.05, 3.63) is 29.6 Å². The molecule has 1 aromatic rings. The summed E-state index contributed by atoms with van der Waals surface area (Å²) in [6.45, 7) is 3.68. The number of guanidine groups is 1. The average Bonchev–Trinajstić information content (AvgIpc) is 3.47. The Hall–Kier alpha value is -1.13. The Morgan fingerprint density at radius 3 is 2.64 bits per heavy atom. The van der Waals surface area contributed by atoms with Crippen molar-refractivity contribution < 1.29 is 13.9 Å². The summed E-state index contributed by atoms with van der Waals surface area (Å²) >= 11 is 0. The van der Waals surface area contributed by atoms with Crippen LogP contribution in [0.5, 0.6) is 5.75 Å². The fourth-order valence-electron chi connectivity index (χ4n) is 6.72. The number of rotatable bonds is 5. The fourth-order valence-corrected chi connectivity index (χ4v) is 6.72. The molecule has 1 spiro atoms. The normalized spacial score (nSPS) is 29.3. The third kappa shape index (κ3) is 4.85. The van der Waals surface area contributed by atoms with E-state index in [4.69, 9.17) is 9.47 Å².